The number of urea groups is 1. The minimum absolute atomic E-state index is 0.0878. The lowest BCUT2D eigenvalue weighted by atomic mass is 9.87. The van der Waals surface area contributed by atoms with Gasteiger partial charge in [-0.05, 0) is 31.2 Å². The molecule has 1 aromatic heterocycles. The van der Waals surface area contributed by atoms with Crippen molar-refractivity contribution in [2.45, 2.75) is 46.3 Å². The van der Waals surface area contributed by atoms with E-state index in [4.69, 9.17) is 0 Å². The number of amides is 2. The molecule has 6 heteroatoms. The van der Waals surface area contributed by atoms with E-state index in [0.717, 1.165) is 5.56 Å². The maximum absolute atomic E-state index is 12.1. The predicted molar refractivity (Wildman–Crippen MR) is 99.6 cm³/mol. The summed E-state index contributed by atoms with van der Waals surface area (Å²) in [6.07, 6.45) is 2.08. The highest BCUT2D eigenvalue weighted by atomic mass is 16.3. The number of carbonyl (C=O) groups excluding carboxylic acids is 1. The fourth-order valence-electron chi connectivity index (χ4n) is 2.86. The molecule has 0 aliphatic carbocycles. The first kappa shape index (κ1) is 19.0. The van der Waals surface area contributed by atoms with Crippen LogP contribution in [0.4, 0.5) is 10.6 Å². The van der Waals surface area contributed by atoms with Crippen molar-refractivity contribution >= 4 is 11.8 Å². The summed E-state index contributed by atoms with van der Waals surface area (Å²) in [7, 11) is 0. The second-order valence-corrected chi connectivity index (χ2v) is 7.29. The van der Waals surface area contributed by atoms with E-state index in [-0.39, 0.29) is 17.5 Å². The second kappa shape index (κ2) is 8.16. The van der Waals surface area contributed by atoms with Crippen molar-refractivity contribution in [3.8, 4) is 0 Å². The molecule has 0 spiro atoms. The number of aromatic nitrogens is 2. The summed E-state index contributed by atoms with van der Waals surface area (Å²) < 4.78 is 1.82. The second-order valence-electron chi connectivity index (χ2n) is 7.29. The lowest BCUT2D eigenvalue weighted by Crippen LogP contribution is -2.38. The van der Waals surface area contributed by atoms with Crippen molar-refractivity contribution in [2.24, 2.45) is 5.41 Å². The molecule has 0 bridgehead atoms. The van der Waals surface area contributed by atoms with Gasteiger partial charge in [-0.1, -0.05) is 44.2 Å². The Balaban J connectivity index is 1.89. The Bertz CT molecular complexity index is 680. The summed E-state index contributed by atoms with van der Waals surface area (Å²) in [6.45, 7) is 8.31. The fraction of sp³-hybridized carbons (Fsp3) is 0.474. The quantitative estimate of drug-likeness (QED) is 0.720. The molecule has 0 aliphatic rings. The largest absolute Gasteiger partial charge is 0.393 e. The van der Waals surface area contributed by atoms with Crippen LogP contribution in [0.2, 0.25) is 0 Å². The molecule has 3 N–H and O–H groups in total. The number of benzene rings is 1. The third kappa shape index (κ3) is 5.90. The maximum atomic E-state index is 12.1. The summed E-state index contributed by atoms with van der Waals surface area (Å²) in [4.78, 5) is 12.1. The van der Waals surface area contributed by atoms with E-state index < -0.39 is 6.10 Å². The number of hydrogen-bond donors (Lipinski definition) is 3. The Labute approximate surface area is 149 Å². The Hall–Kier alpha value is -2.34. The molecule has 0 aliphatic heterocycles. The van der Waals surface area contributed by atoms with Crippen LogP contribution in [-0.4, -0.2) is 33.6 Å². The van der Waals surface area contributed by atoms with Crippen LogP contribution in [0.25, 0.3) is 0 Å². The van der Waals surface area contributed by atoms with E-state index in [1.807, 2.05) is 42.9 Å². The first-order chi connectivity index (χ1) is 11.8. The molecular weight excluding hydrogens is 316 g/mol. The number of hydrogen-bond acceptors (Lipinski definition) is 3. The zero-order valence-corrected chi connectivity index (χ0v) is 15.4. The summed E-state index contributed by atoms with van der Waals surface area (Å²) in [6, 6.07) is 11.7. The van der Waals surface area contributed by atoms with Gasteiger partial charge in [-0.15, -0.1) is 0 Å². The third-order valence-corrected chi connectivity index (χ3v) is 4.10. The fourth-order valence-corrected chi connectivity index (χ4v) is 2.86. The van der Waals surface area contributed by atoms with Crippen molar-refractivity contribution in [3.05, 3.63) is 48.2 Å². The SMILES string of the molecule is CC(O)CC(C)(C)CNC(=O)Nc1ccn(C(C)c2ccccc2)n1. The normalized spacial score (nSPS) is 14.0. The monoisotopic (exact) mass is 344 g/mol. The van der Waals surface area contributed by atoms with E-state index in [1.54, 1.807) is 13.0 Å². The number of nitrogens with zero attached hydrogens (tertiary/aromatic N) is 2. The molecule has 2 aromatic rings. The molecule has 2 unspecified atom stereocenters. The molecule has 0 radical (unpaired) electrons. The Morgan fingerprint density at radius 3 is 2.56 bits per heavy atom. The van der Waals surface area contributed by atoms with Crippen molar-refractivity contribution in [3.63, 3.8) is 0 Å². The molecule has 1 aromatic carbocycles. The first-order valence-corrected chi connectivity index (χ1v) is 8.60. The molecule has 1 heterocycles. The van der Waals surface area contributed by atoms with E-state index in [0.29, 0.717) is 18.8 Å². The lowest BCUT2D eigenvalue weighted by Gasteiger charge is -2.26. The van der Waals surface area contributed by atoms with Crippen LogP contribution in [0.5, 0.6) is 0 Å². The molecule has 0 fully saturated rings. The molecule has 0 saturated heterocycles. The molecule has 2 atom stereocenters. The summed E-state index contributed by atoms with van der Waals surface area (Å²) in [5.41, 5.74) is 0.980. The van der Waals surface area contributed by atoms with Crippen LogP contribution in [0, 0.1) is 5.41 Å². The van der Waals surface area contributed by atoms with Gasteiger partial charge < -0.3 is 10.4 Å². The number of nitrogens with one attached hydrogen (secondary N) is 2. The van der Waals surface area contributed by atoms with Crippen molar-refractivity contribution in [1.29, 1.82) is 0 Å². The van der Waals surface area contributed by atoms with Gasteiger partial charge in [-0.3, -0.25) is 10.00 Å². The van der Waals surface area contributed by atoms with E-state index >= 15 is 0 Å². The highest BCUT2D eigenvalue weighted by molar-refractivity contribution is 5.88. The molecule has 136 valence electrons. The van der Waals surface area contributed by atoms with E-state index in [1.165, 1.54) is 0 Å². The smallest absolute Gasteiger partial charge is 0.320 e. The van der Waals surface area contributed by atoms with Gasteiger partial charge in [0.2, 0.25) is 0 Å². The Morgan fingerprint density at radius 1 is 1.24 bits per heavy atom. The van der Waals surface area contributed by atoms with Crippen LogP contribution >= 0.6 is 0 Å². The van der Waals surface area contributed by atoms with Crippen LogP contribution in [-0.2, 0) is 0 Å². The number of rotatable bonds is 7. The van der Waals surface area contributed by atoms with Gasteiger partial charge in [0, 0.05) is 18.8 Å². The molecular formula is C19H28N4O2. The van der Waals surface area contributed by atoms with E-state index in [2.05, 4.69) is 34.8 Å². The van der Waals surface area contributed by atoms with Crippen LogP contribution in [0.1, 0.15) is 45.7 Å². The van der Waals surface area contributed by atoms with Crippen LogP contribution in [0.15, 0.2) is 42.6 Å². The van der Waals surface area contributed by atoms with Gasteiger partial charge in [0.25, 0.3) is 0 Å². The minimum atomic E-state index is -0.393. The highest BCUT2D eigenvalue weighted by Crippen LogP contribution is 2.21. The summed E-state index contributed by atoms with van der Waals surface area (Å²) in [5.74, 6) is 0.508. The molecule has 6 nitrogen and oxygen atoms in total. The van der Waals surface area contributed by atoms with E-state index in [9.17, 15) is 9.90 Å². The van der Waals surface area contributed by atoms with Gasteiger partial charge in [0.1, 0.15) is 0 Å². The Kier molecular flexibility index (Phi) is 6.20. The van der Waals surface area contributed by atoms with Crippen LogP contribution in [0.3, 0.4) is 0 Å². The van der Waals surface area contributed by atoms with Crippen molar-refractivity contribution in [2.75, 3.05) is 11.9 Å². The number of carbonyl (C=O) groups is 1. The Morgan fingerprint density at radius 2 is 1.92 bits per heavy atom. The van der Waals surface area contributed by atoms with Gasteiger partial charge in [-0.2, -0.15) is 5.10 Å². The van der Waals surface area contributed by atoms with Crippen molar-refractivity contribution in [1.82, 2.24) is 15.1 Å². The van der Waals surface area contributed by atoms with Crippen LogP contribution < -0.4 is 10.6 Å². The average molecular weight is 344 g/mol. The third-order valence-electron chi connectivity index (χ3n) is 4.10. The topological polar surface area (TPSA) is 79.2 Å². The predicted octanol–water partition coefficient (Wildman–Crippen LogP) is 3.41. The molecule has 0 saturated carbocycles. The molecule has 25 heavy (non-hydrogen) atoms. The van der Waals surface area contributed by atoms with Gasteiger partial charge in [-0.25, -0.2) is 4.79 Å². The van der Waals surface area contributed by atoms with Crippen molar-refractivity contribution < 1.29 is 9.90 Å². The number of anilines is 1. The summed E-state index contributed by atoms with van der Waals surface area (Å²) in [5, 5.41) is 19.5. The zero-order valence-electron chi connectivity index (χ0n) is 15.4. The minimum Gasteiger partial charge on any atom is -0.393 e. The summed E-state index contributed by atoms with van der Waals surface area (Å²) >= 11 is 0. The van der Waals surface area contributed by atoms with Gasteiger partial charge in [0.05, 0.1) is 12.1 Å². The molecule has 2 amide bonds. The maximum Gasteiger partial charge on any atom is 0.320 e. The number of aliphatic hydroxyl groups is 1. The highest BCUT2D eigenvalue weighted by Gasteiger charge is 2.21. The first-order valence-electron chi connectivity index (χ1n) is 8.60. The van der Waals surface area contributed by atoms with Gasteiger partial charge >= 0.3 is 6.03 Å². The zero-order chi connectivity index (χ0) is 18.4. The lowest BCUT2D eigenvalue weighted by molar-refractivity contribution is 0.129. The number of aliphatic hydroxyl groups excluding tert-OH is 1. The molecule has 2 rings (SSSR count). The van der Waals surface area contributed by atoms with Gasteiger partial charge in [0.15, 0.2) is 5.82 Å². The average Bonchev–Trinajstić information content (AvgIpc) is 3.00. The standard InChI is InChI=1S/C19H28N4O2/c1-14(24)12-19(3,4)13-20-18(25)21-17-10-11-23(22-17)15(2)16-8-6-5-7-9-16/h5-11,14-15,24H,12-13H2,1-4H3,(H2,20,21,22,25).